The number of carbonyl (C=O) groups is 2. The van der Waals surface area contributed by atoms with Crippen LogP contribution in [0.2, 0.25) is 0 Å². The third-order valence-corrected chi connectivity index (χ3v) is 14.4. The number of rotatable bonds is 5. The predicted molar refractivity (Wildman–Crippen MR) is 151 cm³/mol. The SMILES string of the molecule is CCCC(=O)O[C@@H]1CC[C@@]2(C)C(CC[C@]3(C)C2CCC2C4[C@H](C(C)C)CC[C@]4(C(=O)O)CC[C@]23C)C1(C)C. The number of hydrogen-bond donors (Lipinski definition) is 1. The topological polar surface area (TPSA) is 63.6 Å². The average Bonchev–Trinajstić information content (AvgIpc) is 3.23. The minimum absolute atomic E-state index is 0.0191. The Balaban J connectivity index is 1.47. The number of carboxylic acid groups (broad SMARTS) is 1. The Labute approximate surface area is 232 Å². The normalized spacial score (nSPS) is 49.4. The zero-order valence-corrected chi connectivity index (χ0v) is 25.7. The number of fused-ring (bicyclic) bond motifs is 7. The summed E-state index contributed by atoms with van der Waals surface area (Å²) >= 11 is 0. The van der Waals surface area contributed by atoms with Crippen molar-refractivity contribution in [1.82, 2.24) is 0 Å². The van der Waals surface area contributed by atoms with Crippen LogP contribution in [0.15, 0.2) is 0 Å². The zero-order chi connectivity index (χ0) is 27.9. The summed E-state index contributed by atoms with van der Waals surface area (Å²) in [6.07, 6.45) is 12.3. The van der Waals surface area contributed by atoms with Crippen LogP contribution in [0.3, 0.4) is 0 Å². The Kier molecular flexibility index (Phi) is 6.92. The van der Waals surface area contributed by atoms with Gasteiger partial charge in [-0.1, -0.05) is 55.4 Å². The van der Waals surface area contributed by atoms with Crippen LogP contribution in [0.5, 0.6) is 0 Å². The van der Waals surface area contributed by atoms with Gasteiger partial charge in [-0.05, 0) is 122 Å². The van der Waals surface area contributed by atoms with Crippen LogP contribution < -0.4 is 0 Å². The van der Waals surface area contributed by atoms with Crippen molar-refractivity contribution in [3.8, 4) is 0 Å². The molecule has 5 saturated carbocycles. The molecule has 0 bridgehead atoms. The van der Waals surface area contributed by atoms with E-state index >= 15 is 0 Å². The lowest BCUT2D eigenvalue weighted by Gasteiger charge is -2.72. The van der Waals surface area contributed by atoms with E-state index in [-0.39, 0.29) is 33.7 Å². The quantitative estimate of drug-likeness (QED) is 0.363. The van der Waals surface area contributed by atoms with Crippen LogP contribution >= 0.6 is 0 Å². The molecule has 10 atom stereocenters. The highest BCUT2D eigenvalue weighted by atomic mass is 16.5. The fourth-order valence-electron chi connectivity index (χ4n) is 12.4. The van der Waals surface area contributed by atoms with Crippen LogP contribution in [0.25, 0.3) is 0 Å². The number of ether oxygens (including phenoxy) is 1. The molecule has 38 heavy (non-hydrogen) atoms. The van der Waals surface area contributed by atoms with Crippen molar-refractivity contribution in [2.24, 2.45) is 62.6 Å². The summed E-state index contributed by atoms with van der Waals surface area (Å²) in [5.74, 6) is 2.60. The van der Waals surface area contributed by atoms with Gasteiger partial charge in [-0.25, -0.2) is 0 Å². The minimum Gasteiger partial charge on any atom is -0.481 e. The summed E-state index contributed by atoms with van der Waals surface area (Å²) in [6, 6.07) is 0. The second kappa shape index (κ2) is 9.23. The molecule has 0 amide bonds. The summed E-state index contributed by atoms with van der Waals surface area (Å²) < 4.78 is 6.13. The molecule has 5 aliphatic rings. The molecule has 0 spiro atoms. The Morgan fingerprint density at radius 2 is 1.55 bits per heavy atom. The van der Waals surface area contributed by atoms with Crippen molar-refractivity contribution in [2.45, 2.75) is 139 Å². The predicted octanol–water partition coefficient (Wildman–Crippen LogP) is 8.52. The highest BCUT2D eigenvalue weighted by molar-refractivity contribution is 5.76. The first kappa shape index (κ1) is 28.5. The Morgan fingerprint density at radius 3 is 2.18 bits per heavy atom. The Morgan fingerprint density at radius 1 is 0.842 bits per heavy atom. The van der Waals surface area contributed by atoms with Crippen LogP contribution in [-0.4, -0.2) is 23.1 Å². The first-order chi connectivity index (χ1) is 17.7. The molecule has 0 aromatic rings. The van der Waals surface area contributed by atoms with Gasteiger partial charge in [0.25, 0.3) is 0 Å². The smallest absolute Gasteiger partial charge is 0.309 e. The van der Waals surface area contributed by atoms with E-state index in [4.69, 9.17) is 4.74 Å². The summed E-state index contributed by atoms with van der Waals surface area (Å²) in [5, 5.41) is 10.6. The van der Waals surface area contributed by atoms with Gasteiger partial charge in [0, 0.05) is 11.8 Å². The van der Waals surface area contributed by atoms with Crippen molar-refractivity contribution in [2.75, 3.05) is 0 Å². The number of carboxylic acids is 1. The number of aliphatic carboxylic acids is 1. The van der Waals surface area contributed by atoms with Crippen LogP contribution in [0.4, 0.5) is 0 Å². The standard InChI is InChI=1S/C34H56O4/c1-9-10-27(35)38-26-15-16-31(6)24(30(26,4)5)14-17-33(8)25(31)12-11-23-28-22(21(2)3)13-18-34(28,29(36)37)20-19-32(23,33)7/h21-26,28H,9-20H2,1-8H3,(H,36,37)/t22-,23?,24?,25?,26+,28?,31-,32+,33+,34-/m0/s1. The largest absolute Gasteiger partial charge is 0.481 e. The summed E-state index contributed by atoms with van der Waals surface area (Å²) in [6.45, 7) is 19.3. The van der Waals surface area contributed by atoms with Crippen molar-refractivity contribution >= 4 is 11.9 Å². The maximum Gasteiger partial charge on any atom is 0.309 e. The molecule has 4 unspecified atom stereocenters. The molecule has 0 aromatic heterocycles. The van der Waals surface area contributed by atoms with Gasteiger partial charge in [0.2, 0.25) is 0 Å². The van der Waals surface area contributed by atoms with Gasteiger partial charge in [-0.3, -0.25) is 9.59 Å². The molecular weight excluding hydrogens is 472 g/mol. The van der Waals surface area contributed by atoms with E-state index in [9.17, 15) is 14.7 Å². The lowest BCUT2D eigenvalue weighted by atomic mass is 9.32. The number of hydrogen-bond acceptors (Lipinski definition) is 3. The molecule has 5 rings (SSSR count). The van der Waals surface area contributed by atoms with Crippen LogP contribution in [0, 0.1) is 62.6 Å². The summed E-state index contributed by atoms with van der Waals surface area (Å²) in [5.41, 5.74) is 0.157. The monoisotopic (exact) mass is 528 g/mol. The van der Waals surface area contributed by atoms with Gasteiger partial charge in [0.05, 0.1) is 5.41 Å². The number of esters is 1. The van der Waals surface area contributed by atoms with E-state index in [1.807, 2.05) is 6.92 Å². The molecule has 0 aliphatic heterocycles. The highest BCUT2D eigenvalue weighted by Gasteiger charge is 2.72. The van der Waals surface area contributed by atoms with E-state index in [1.165, 1.54) is 25.7 Å². The molecule has 216 valence electrons. The molecular formula is C34H56O4. The minimum atomic E-state index is -0.506. The van der Waals surface area contributed by atoms with E-state index in [0.717, 1.165) is 44.9 Å². The lowest BCUT2D eigenvalue weighted by Crippen LogP contribution is -2.67. The van der Waals surface area contributed by atoms with Gasteiger partial charge >= 0.3 is 11.9 Å². The molecule has 0 aromatic carbocycles. The highest BCUT2D eigenvalue weighted by Crippen LogP contribution is 2.77. The fourth-order valence-corrected chi connectivity index (χ4v) is 12.4. The molecule has 4 nitrogen and oxygen atoms in total. The van der Waals surface area contributed by atoms with Crippen LogP contribution in [0.1, 0.15) is 132 Å². The van der Waals surface area contributed by atoms with Crippen LogP contribution in [-0.2, 0) is 14.3 Å². The van der Waals surface area contributed by atoms with Crippen molar-refractivity contribution in [3.05, 3.63) is 0 Å². The second-order valence-corrected chi connectivity index (χ2v) is 16.2. The van der Waals surface area contributed by atoms with E-state index in [0.29, 0.717) is 41.9 Å². The van der Waals surface area contributed by atoms with Gasteiger partial charge in [0.15, 0.2) is 0 Å². The number of carbonyl (C=O) groups excluding carboxylic acids is 1. The van der Waals surface area contributed by atoms with Crippen molar-refractivity contribution in [3.63, 3.8) is 0 Å². The maximum absolute atomic E-state index is 12.9. The summed E-state index contributed by atoms with van der Waals surface area (Å²) in [7, 11) is 0. The molecule has 0 saturated heterocycles. The van der Waals surface area contributed by atoms with Gasteiger partial charge in [0.1, 0.15) is 6.10 Å². The zero-order valence-electron chi connectivity index (χ0n) is 25.7. The molecule has 0 radical (unpaired) electrons. The third-order valence-electron chi connectivity index (χ3n) is 14.4. The van der Waals surface area contributed by atoms with E-state index in [2.05, 4.69) is 48.5 Å². The Bertz CT molecular complexity index is 954. The van der Waals surface area contributed by atoms with Gasteiger partial charge < -0.3 is 9.84 Å². The third kappa shape index (κ3) is 3.65. The first-order valence-corrected chi connectivity index (χ1v) is 16.1. The molecule has 0 heterocycles. The van der Waals surface area contributed by atoms with Crippen molar-refractivity contribution < 1.29 is 19.4 Å². The first-order valence-electron chi connectivity index (χ1n) is 16.1. The fraction of sp³-hybridized carbons (Fsp3) is 0.941. The van der Waals surface area contributed by atoms with Crippen molar-refractivity contribution in [1.29, 1.82) is 0 Å². The maximum atomic E-state index is 12.9. The Hall–Kier alpha value is -1.06. The van der Waals surface area contributed by atoms with Gasteiger partial charge in [-0.15, -0.1) is 0 Å². The van der Waals surface area contributed by atoms with Gasteiger partial charge in [-0.2, -0.15) is 0 Å². The molecule has 5 fully saturated rings. The second-order valence-electron chi connectivity index (χ2n) is 16.2. The summed E-state index contributed by atoms with van der Waals surface area (Å²) in [4.78, 5) is 25.4. The average molecular weight is 529 g/mol. The van der Waals surface area contributed by atoms with E-state index < -0.39 is 11.4 Å². The molecule has 1 N–H and O–H groups in total. The van der Waals surface area contributed by atoms with E-state index in [1.54, 1.807) is 0 Å². The lowest BCUT2D eigenvalue weighted by molar-refractivity contribution is -0.251. The molecule has 5 aliphatic carbocycles. The molecule has 4 heteroatoms.